The first-order chi connectivity index (χ1) is 12.6. The van der Waals surface area contributed by atoms with Crippen LogP contribution in [0, 0.1) is 5.92 Å². The lowest BCUT2D eigenvalue weighted by molar-refractivity contribution is 0.104. The maximum atomic E-state index is 13.4. The van der Waals surface area contributed by atoms with Crippen molar-refractivity contribution in [2.24, 2.45) is 5.92 Å². The van der Waals surface area contributed by atoms with Crippen LogP contribution in [0.5, 0.6) is 0 Å². The molecule has 0 bridgehead atoms. The summed E-state index contributed by atoms with van der Waals surface area (Å²) in [5.41, 5.74) is 2.70. The van der Waals surface area contributed by atoms with Gasteiger partial charge in [0.15, 0.2) is 5.78 Å². The van der Waals surface area contributed by atoms with Gasteiger partial charge in [0.2, 0.25) is 0 Å². The van der Waals surface area contributed by atoms with E-state index in [1.54, 1.807) is 0 Å². The average molecular weight is 341 g/mol. The maximum absolute atomic E-state index is 13.4. The minimum atomic E-state index is 0.0984. The third-order valence-corrected chi connectivity index (χ3v) is 5.01. The number of nitrogens with zero attached hydrogens (tertiary/aromatic N) is 1. The van der Waals surface area contributed by atoms with Crippen molar-refractivity contribution in [2.75, 3.05) is 0 Å². The first-order valence-corrected chi connectivity index (χ1v) is 9.25. The summed E-state index contributed by atoms with van der Waals surface area (Å²) in [6.45, 7) is 5.39. The normalized spacial score (nSPS) is 11.5. The zero-order valence-corrected chi connectivity index (χ0v) is 15.3. The summed E-state index contributed by atoms with van der Waals surface area (Å²) in [5.74, 6) is 0.731. The molecule has 3 aromatic carbocycles. The monoisotopic (exact) mass is 341 g/mol. The Kier molecular flexibility index (Phi) is 4.34. The number of hydrogen-bond acceptors (Lipinski definition) is 1. The van der Waals surface area contributed by atoms with E-state index in [1.807, 2.05) is 48.7 Å². The third kappa shape index (κ3) is 2.92. The Morgan fingerprint density at radius 3 is 2.35 bits per heavy atom. The van der Waals surface area contributed by atoms with Crippen LogP contribution in [-0.4, -0.2) is 10.4 Å². The van der Waals surface area contributed by atoms with Crippen molar-refractivity contribution in [2.45, 2.75) is 26.8 Å². The van der Waals surface area contributed by atoms with E-state index in [-0.39, 0.29) is 5.78 Å². The molecule has 2 nitrogen and oxygen atoms in total. The summed E-state index contributed by atoms with van der Waals surface area (Å²) in [7, 11) is 0. The van der Waals surface area contributed by atoms with Crippen molar-refractivity contribution in [1.82, 2.24) is 4.57 Å². The second kappa shape index (κ2) is 6.80. The molecule has 0 radical (unpaired) electrons. The van der Waals surface area contributed by atoms with Gasteiger partial charge >= 0.3 is 0 Å². The molecule has 0 amide bonds. The molecule has 4 rings (SSSR count). The minimum Gasteiger partial charge on any atom is -0.347 e. The standard InChI is InChI=1S/C24H23NO/c1-17(2)14-15-25-16-22(20-11-5-6-13-23(20)25)24(26)21-12-7-9-18-8-3-4-10-19(18)21/h3-13,16-17H,14-15H2,1-2H3. The van der Waals surface area contributed by atoms with E-state index >= 15 is 0 Å². The quantitative estimate of drug-likeness (QED) is 0.404. The van der Waals surface area contributed by atoms with Crippen LogP contribution in [0.15, 0.2) is 72.9 Å². The van der Waals surface area contributed by atoms with Crippen molar-refractivity contribution >= 4 is 27.5 Å². The Morgan fingerprint density at radius 1 is 0.846 bits per heavy atom. The smallest absolute Gasteiger partial charge is 0.195 e. The Bertz CT molecular complexity index is 1080. The van der Waals surface area contributed by atoms with Crippen molar-refractivity contribution < 1.29 is 4.79 Å². The number of para-hydroxylation sites is 1. The summed E-state index contributed by atoms with van der Waals surface area (Å²) < 4.78 is 2.23. The molecule has 4 aromatic rings. The van der Waals surface area contributed by atoms with Crippen LogP contribution >= 0.6 is 0 Å². The van der Waals surface area contributed by atoms with Gasteiger partial charge in [-0.25, -0.2) is 0 Å². The molecule has 0 N–H and O–H groups in total. The van der Waals surface area contributed by atoms with Gasteiger partial charge in [0.1, 0.15) is 0 Å². The van der Waals surface area contributed by atoms with E-state index in [0.717, 1.165) is 45.8 Å². The molecule has 0 aliphatic heterocycles. The molecule has 0 aliphatic carbocycles. The first-order valence-electron chi connectivity index (χ1n) is 9.25. The fourth-order valence-electron chi connectivity index (χ4n) is 3.58. The summed E-state index contributed by atoms with van der Waals surface area (Å²) in [6, 6.07) is 22.2. The highest BCUT2D eigenvalue weighted by Crippen LogP contribution is 2.27. The number of hydrogen-bond donors (Lipinski definition) is 0. The number of rotatable bonds is 5. The summed E-state index contributed by atoms with van der Waals surface area (Å²) in [5, 5.41) is 3.15. The fraction of sp³-hybridized carbons (Fsp3) is 0.208. The molecule has 2 heteroatoms. The van der Waals surface area contributed by atoms with Gasteiger partial charge in [0, 0.05) is 34.8 Å². The zero-order chi connectivity index (χ0) is 18.1. The number of benzene rings is 3. The third-order valence-electron chi connectivity index (χ3n) is 5.01. The van der Waals surface area contributed by atoms with Gasteiger partial charge in [0.25, 0.3) is 0 Å². The van der Waals surface area contributed by atoms with Crippen LogP contribution in [-0.2, 0) is 6.54 Å². The largest absolute Gasteiger partial charge is 0.347 e. The number of ketones is 1. The number of carbonyl (C=O) groups is 1. The molecule has 0 fully saturated rings. The first kappa shape index (κ1) is 16.6. The maximum Gasteiger partial charge on any atom is 0.195 e. The van der Waals surface area contributed by atoms with Gasteiger partial charge in [-0.3, -0.25) is 4.79 Å². The number of aromatic nitrogens is 1. The van der Waals surface area contributed by atoms with Gasteiger partial charge in [-0.05, 0) is 29.2 Å². The van der Waals surface area contributed by atoms with Crippen LogP contribution in [0.4, 0.5) is 0 Å². The van der Waals surface area contributed by atoms with Crippen LogP contribution in [0.25, 0.3) is 21.7 Å². The van der Waals surface area contributed by atoms with Gasteiger partial charge < -0.3 is 4.57 Å². The van der Waals surface area contributed by atoms with Gasteiger partial charge in [-0.1, -0.05) is 74.5 Å². The molecule has 26 heavy (non-hydrogen) atoms. The number of fused-ring (bicyclic) bond motifs is 2. The molecule has 0 spiro atoms. The van der Waals surface area contributed by atoms with E-state index < -0.39 is 0 Å². The Labute approximate surface area is 154 Å². The summed E-state index contributed by atoms with van der Waals surface area (Å²) in [4.78, 5) is 13.4. The number of carbonyl (C=O) groups excluding carboxylic acids is 1. The van der Waals surface area contributed by atoms with Gasteiger partial charge in [-0.2, -0.15) is 0 Å². The molecule has 1 aromatic heterocycles. The lowest BCUT2D eigenvalue weighted by Gasteiger charge is -2.07. The van der Waals surface area contributed by atoms with Crippen LogP contribution in [0.3, 0.4) is 0 Å². The Hall–Kier alpha value is -2.87. The van der Waals surface area contributed by atoms with E-state index in [9.17, 15) is 4.79 Å². The SMILES string of the molecule is CC(C)CCn1cc(C(=O)c2cccc3ccccc23)c2ccccc21. The van der Waals surface area contributed by atoms with Crippen molar-refractivity contribution in [3.63, 3.8) is 0 Å². The van der Waals surface area contributed by atoms with E-state index in [1.165, 1.54) is 0 Å². The van der Waals surface area contributed by atoms with Gasteiger partial charge in [-0.15, -0.1) is 0 Å². The van der Waals surface area contributed by atoms with E-state index in [4.69, 9.17) is 0 Å². The van der Waals surface area contributed by atoms with Crippen LogP contribution in [0.2, 0.25) is 0 Å². The minimum absolute atomic E-state index is 0.0984. The summed E-state index contributed by atoms with van der Waals surface area (Å²) in [6.07, 6.45) is 3.14. The second-order valence-electron chi connectivity index (χ2n) is 7.29. The molecule has 0 atom stereocenters. The molecule has 0 unspecified atom stereocenters. The lowest BCUT2D eigenvalue weighted by atomic mass is 9.97. The molecular formula is C24H23NO. The highest BCUT2D eigenvalue weighted by atomic mass is 16.1. The zero-order valence-electron chi connectivity index (χ0n) is 15.3. The second-order valence-corrected chi connectivity index (χ2v) is 7.29. The highest BCUT2D eigenvalue weighted by molar-refractivity contribution is 6.21. The fourth-order valence-corrected chi connectivity index (χ4v) is 3.58. The summed E-state index contributed by atoms with van der Waals surface area (Å²) >= 11 is 0. The topological polar surface area (TPSA) is 22.0 Å². The Morgan fingerprint density at radius 2 is 1.54 bits per heavy atom. The van der Waals surface area contributed by atoms with Crippen LogP contribution in [0.1, 0.15) is 36.2 Å². The molecule has 0 aliphatic rings. The predicted molar refractivity (Wildman–Crippen MR) is 109 cm³/mol. The molecule has 0 saturated heterocycles. The predicted octanol–water partition coefficient (Wildman–Crippen LogP) is 6.07. The van der Waals surface area contributed by atoms with E-state index in [0.29, 0.717) is 5.92 Å². The molecule has 130 valence electrons. The Balaban J connectivity index is 1.84. The highest BCUT2D eigenvalue weighted by Gasteiger charge is 2.18. The molecular weight excluding hydrogens is 318 g/mol. The lowest BCUT2D eigenvalue weighted by Crippen LogP contribution is -2.03. The van der Waals surface area contributed by atoms with E-state index in [2.05, 4.69) is 42.7 Å². The molecule has 0 saturated carbocycles. The molecule has 1 heterocycles. The number of aryl methyl sites for hydroxylation is 1. The van der Waals surface area contributed by atoms with Gasteiger partial charge in [0.05, 0.1) is 0 Å². The van der Waals surface area contributed by atoms with Crippen LogP contribution < -0.4 is 0 Å². The van der Waals surface area contributed by atoms with Crippen molar-refractivity contribution in [1.29, 1.82) is 0 Å². The average Bonchev–Trinajstić information content (AvgIpc) is 3.04. The van der Waals surface area contributed by atoms with Crippen molar-refractivity contribution in [3.8, 4) is 0 Å². The van der Waals surface area contributed by atoms with Crippen molar-refractivity contribution in [3.05, 3.63) is 84.1 Å².